The number of hydrogen-bond donors (Lipinski definition) is 2. The molecule has 0 saturated heterocycles. The van der Waals surface area contributed by atoms with Crippen LogP contribution in [0.3, 0.4) is 0 Å². The van der Waals surface area contributed by atoms with Crippen LogP contribution in [0.1, 0.15) is 10.4 Å². The van der Waals surface area contributed by atoms with Gasteiger partial charge in [0, 0.05) is 14.3 Å². The van der Waals surface area contributed by atoms with Crippen molar-refractivity contribution in [3.8, 4) is 0 Å². The lowest BCUT2D eigenvalue weighted by Crippen LogP contribution is -2.14. The van der Waals surface area contributed by atoms with Crippen molar-refractivity contribution in [3.05, 3.63) is 56.4 Å². The number of carbonyl (C=O) groups is 1. The largest absolute Gasteiger partial charge is 0.398 e. The van der Waals surface area contributed by atoms with Crippen molar-refractivity contribution in [2.45, 2.75) is 0 Å². The fraction of sp³-hybridized carbons (Fsp3) is 0. The number of rotatable bonds is 2. The first kappa shape index (κ1) is 14.1. The van der Waals surface area contributed by atoms with Crippen molar-refractivity contribution in [1.29, 1.82) is 0 Å². The Kier molecular flexibility index (Phi) is 4.26. The molecule has 0 unspecified atom stereocenters. The Morgan fingerprint density at radius 3 is 2.68 bits per heavy atom. The highest BCUT2D eigenvalue weighted by Gasteiger charge is 2.12. The van der Waals surface area contributed by atoms with Crippen LogP contribution in [0, 0.1) is 9.39 Å². The minimum atomic E-state index is -0.385. The summed E-state index contributed by atoms with van der Waals surface area (Å²) in [5, 5.41) is 3.09. The van der Waals surface area contributed by atoms with Crippen LogP contribution >= 0.6 is 34.2 Å². The summed E-state index contributed by atoms with van der Waals surface area (Å²) in [5.74, 6) is -0.741. The molecule has 0 aliphatic carbocycles. The molecule has 0 atom stereocenters. The summed E-state index contributed by atoms with van der Waals surface area (Å²) in [6.45, 7) is 0. The molecule has 2 aromatic carbocycles. The van der Waals surface area contributed by atoms with Crippen molar-refractivity contribution in [2.75, 3.05) is 11.1 Å². The number of anilines is 2. The number of benzene rings is 2. The zero-order valence-electron chi connectivity index (χ0n) is 9.58. The second-order valence-corrected chi connectivity index (χ2v) is 5.41. The molecule has 0 aromatic heterocycles. The monoisotopic (exact) mass is 390 g/mol. The lowest BCUT2D eigenvalue weighted by Gasteiger charge is -2.09. The predicted molar refractivity (Wildman–Crippen MR) is 82.9 cm³/mol. The number of nitrogen functional groups attached to an aromatic ring is 1. The Morgan fingerprint density at radius 2 is 2.00 bits per heavy atom. The van der Waals surface area contributed by atoms with Crippen molar-refractivity contribution in [1.82, 2.24) is 0 Å². The van der Waals surface area contributed by atoms with Crippen LogP contribution in [0.4, 0.5) is 15.8 Å². The highest BCUT2D eigenvalue weighted by molar-refractivity contribution is 14.1. The van der Waals surface area contributed by atoms with Gasteiger partial charge in [-0.15, -0.1) is 0 Å². The lowest BCUT2D eigenvalue weighted by atomic mass is 10.1. The Hall–Kier alpha value is -1.34. The van der Waals surface area contributed by atoms with Crippen LogP contribution in [0.25, 0.3) is 0 Å². The molecule has 0 radical (unpaired) electrons. The van der Waals surface area contributed by atoms with E-state index in [0.717, 1.165) is 0 Å². The van der Waals surface area contributed by atoms with E-state index < -0.39 is 0 Å². The van der Waals surface area contributed by atoms with Gasteiger partial charge in [0.1, 0.15) is 5.82 Å². The number of nitrogens with two attached hydrogens (primary N) is 1. The summed E-state index contributed by atoms with van der Waals surface area (Å²) in [6.07, 6.45) is 0. The van der Waals surface area contributed by atoms with Crippen LogP contribution < -0.4 is 11.1 Å². The normalized spacial score (nSPS) is 10.3. The topological polar surface area (TPSA) is 55.1 Å². The Balaban J connectivity index is 2.28. The van der Waals surface area contributed by atoms with Gasteiger partial charge in [-0.3, -0.25) is 4.79 Å². The summed E-state index contributed by atoms with van der Waals surface area (Å²) in [6, 6.07) is 8.76. The minimum absolute atomic E-state index is 0.285. The fourth-order valence-corrected chi connectivity index (χ4v) is 2.29. The fourth-order valence-electron chi connectivity index (χ4n) is 1.51. The average molecular weight is 391 g/mol. The molecule has 3 nitrogen and oxygen atoms in total. The average Bonchev–Trinajstić information content (AvgIpc) is 2.35. The Labute approximate surface area is 128 Å². The van der Waals surface area contributed by atoms with E-state index in [0.29, 0.717) is 20.0 Å². The van der Waals surface area contributed by atoms with E-state index in [1.54, 1.807) is 12.1 Å². The van der Waals surface area contributed by atoms with Gasteiger partial charge in [0.2, 0.25) is 0 Å². The zero-order chi connectivity index (χ0) is 14.0. The maximum Gasteiger partial charge on any atom is 0.257 e. The van der Waals surface area contributed by atoms with Gasteiger partial charge in [-0.05, 0) is 59.0 Å². The molecule has 19 heavy (non-hydrogen) atoms. The third-order valence-corrected chi connectivity index (χ3v) is 3.57. The lowest BCUT2D eigenvalue weighted by molar-refractivity contribution is 0.102. The number of hydrogen-bond acceptors (Lipinski definition) is 2. The third-order valence-electron chi connectivity index (χ3n) is 2.44. The van der Waals surface area contributed by atoms with Crippen molar-refractivity contribution in [2.24, 2.45) is 0 Å². The van der Waals surface area contributed by atoms with E-state index in [2.05, 4.69) is 5.32 Å². The van der Waals surface area contributed by atoms with E-state index >= 15 is 0 Å². The van der Waals surface area contributed by atoms with Crippen molar-refractivity contribution < 1.29 is 9.18 Å². The van der Waals surface area contributed by atoms with Gasteiger partial charge >= 0.3 is 0 Å². The van der Waals surface area contributed by atoms with Gasteiger partial charge < -0.3 is 11.1 Å². The molecule has 0 heterocycles. The van der Waals surface area contributed by atoms with Gasteiger partial charge in [0.05, 0.1) is 11.3 Å². The molecule has 0 aliphatic heterocycles. The molecule has 0 fully saturated rings. The number of halogens is 3. The van der Waals surface area contributed by atoms with Gasteiger partial charge in [-0.2, -0.15) is 0 Å². The summed E-state index contributed by atoms with van der Waals surface area (Å²) in [7, 11) is 0. The SMILES string of the molecule is Nc1ccc(Cl)cc1C(=O)Nc1ccc(F)cc1I. The van der Waals surface area contributed by atoms with Gasteiger partial charge in [0.15, 0.2) is 0 Å². The molecule has 1 amide bonds. The molecule has 2 rings (SSSR count). The molecule has 2 aromatic rings. The maximum atomic E-state index is 13.0. The summed E-state index contributed by atoms with van der Waals surface area (Å²) in [4.78, 5) is 12.1. The van der Waals surface area contributed by atoms with Crippen LogP contribution in [0.15, 0.2) is 36.4 Å². The number of carbonyl (C=O) groups excluding carboxylic acids is 1. The Bertz CT molecular complexity index is 649. The van der Waals surface area contributed by atoms with Crippen LogP contribution in [0.5, 0.6) is 0 Å². The van der Waals surface area contributed by atoms with E-state index in [1.807, 2.05) is 22.6 Å². The molecule has 0 aliphatic rings. The standard InChI is InChI=1S/C13H9ClFIN2O/c14-7-1-3-11(17)9(5-7)13(19)18-12-4-2-8(15)6-10(12)16/h1-6H,17H2,(H,18,19). The molecule has 0 saturated carbocycles. The minimum Gasteiger partial charge on any atom is -0.398 e. The molecule has 0 spiro atoms. The van der Waals surface area contributed by atoms with E-state index in [9.17, 15) is 9.18 Å². The first-order valence-corrected chi connectivity index (χ1v) is 6.74. The molecule has 3 N–H and O–H groups in total. The first-order chi connectivity index (χ1) is 8.97. The number of nitrogens with one attached hydrogen (secondary N) is 1. The van der Waals surface area contributed by atoms with Crippen molar-refractivity contribution >= 4 is 51.5 Å². The molecule has 0 bridgehead atoms. The van der Waals surface area contributed by atoms with Crippen LogP contribution in [0.2, 0.25) is 5.02 Å². The Morgan fingerprint density at radius 1 is 1.26 bits per heavy atom. The maximum absolute atomic E-state index is 13.0. The highest BCUT2D eigenvalue weighted by atomic mass is 127. The van der Waals surface area contributed by atoms with Gasteiger partial charge in [0.25, 0.3) is 5.91 Å². The number of amides is 1. The zero-order valence-corrected chi connectivity index (χ0v) is 12.5. The second-order valence-electron chi connectivity index (χ2n) is 3.81. The highest BCUT2D eigenvalue weighted by Crippen LogP contribution is 2.22. The van der Waals surface area contributed by atoms with Gasteiger partial charge in [-0.25, -0.2) is 4.39 Å². The molecular formula is C13H9ClFIN2O. The molecule has 6 heteroatoms. The van der Waals surface area contributed by atoms with E-state index in [4.69, 9.17) is 17.3 Å². The van der Waals surface area contributed by atoms with Gasteiger partial charge in [-0.1, -0.05) is 11.6 Å². The third kappa shape index (κ3) is 3.36. The molecular weight excluding hydrogens is 382 g/mol. The van der Waals surface area contributed by atoms with E-state index in [1.165, 1.54) is 24.3 Å². The smallest absolute Gasteiger partial charge is 0.257 e. The summed E-state index contributed by atoms with van der Waals surface area (Å²) < 4.78 is 13.6. The van der Waals surface area contributed by atoms with Crippen molar-refractivity contribution in [3.63, 3.8) is 0 Å². The van der Waals surface area contributed by atoms with Crippen LogP contribution in [-0.4, -0.2) is 5.91 Å². The quantitative estimate of drug-likeness (QED) is 0.603. The first-order valence-electron chi connectivity index (χ1n) is 5.29. The predicted octanol–water partition coefficient (Wildman–Crippen LogP) is 3.92. The van der Waals surface area contributed by atoms with E-state index in [-0.39, 0.29) is 17.3 Å². The van der Waals surface area contributed by atoms with Crippen LogP contribution in [-0.2, 0) is 0 Å². The summed E-state index contributed by atoms with van der Waals surface area (Å²) >= 11 is 7.77. The second kappa shape index (κ2) is 5.75. The molecule has 98 valence electrons. The summed E-state index contributed by atoms with van der Waals surface area (Å²) in [5.41, 5.74) is 6.86.